The lowest BCUT2D eigenvalue weighted by atomic mass is 9.49. The van der Waals surface area contributed by atoms with Gasteiger partial charge in [-0.05, 0) is 31.3 Å². The van der Waals surface area contributed by atoms with Gasteiger partial charge in [-0.15, -0.1) is 0 Å². The van der Waals surface area contributed by atoms with E-state index in [2.05, 4.69) is 0 Å². The molecule has 11 nitrogen and oxygen atoms in total. The highest BCUT2D eigenvalue weighted by Crippen LogP contribution is 2.54. The van der Waals surface area contributed by atoms with E-state index in [-0.39, 0.29) is 22.6 Å². The molecule has 5 unspecified atom stereocenters. The number of nitrogens with two attached hydrogens (primary N) is 1. The molecule has 12 heteroatoms. The van der Waals surface area contributed by atoms with Crippen LogP contribution in [0.3, 0.4) is 0 Å². The third-order valence-corrected chi connectivity index (χ3v) is 10.1. The molecule has 0 aromatic heterocycles. The highest BCUT2D eigenvalue weighted by atomic mass is 32.2. The normalized spacial score (nSPS) is 33.6. The van der Waals surface area contributed by atoms with E-state index < -0.39 is 92.9 Å². The van der Waals surface area contributed by atoms with Crippen LogP contribution in [0.4, 0.5) is 0 Å². The van der Waals surface area contributed by atoms with E-state index in [1.165, 1.54) is 37.2 Å². The Kier molecular flexibility index (Phi) is 7.31. The van der Waals surface area contributed by atoms with Crippen molar-refractivity contribution in [3.8, 4) is 5.75 Å². The maximum absolute atomic E-state index is 14.1. The number of hydrogen-bond donors (Lipinski definition) is 4. The number of amides is 1. The van der Waals surface area contributed by atoms with Crippen LogP contribution in [0.25, 0.3) is 0 Å². The lowest BCUT2D eigenvalue weighted by Gasteiger charge is -2.56. The molecule has 0 heterocycles. The van der Waals surface area contributed by atoms with Crippen LogP contribution in [-0.2, 0) is 35.7 Å². The maximum Gasteiger partial charge on any atom is 0.235 e. The number of aliphatic hydroxyl groups excluding tert-OH is 1. The smallest absolute Gasteiger partial charge is 0.235 e. The zero-order valence-electron chi connectivity index (χ0n) is 22.3. The number of phenolic OH excluding ortho intramolecular Hbond substituents is 1. The average Bonchev–Trinajstić information content (AvgIpc) is 2.90. The Hall–Kier alpha value is -3.58. The molecule has 216 valence electrons. The van der Waals surface area contributed by atoms with Gasteiger partial charge in [-0.2, -0.15) is 0 Å². The van der Waals surface area contributed by atoms with Gasteiger partial charge in [0.2, 0.25) is 5.91 Å². The Bertz CT molecular complexity index is 1490. The molecule has 0 aliphatic heterocycles. The van der Waals surface area contributed by atoms with E-state index in [4.69, 9.17) is 5.73 Å². The Labute approximate surface area is 237 Å². The number of nitrogens with zero attached hydrogens (tertiary/aromatic N) is 1. The van der Waals surface area contributed by atoms with Crippen molar-refractivity contribution in [3.05, 3.63) is 65.2 Å². The summed E-state index contributed by atoms with van der Waals surface area (Å²) in [4.78, 5) is 68.2. The molecular formula is C29H30N2O9S. The zero-order chi connectivity index (χ0) is 30.0. The third kappa shape index (κ3) is 4.28. The molecule has 0 spiro atoms. The molecule has 1 amide bonds. The summed E-state index contributed by atoms with van der Waals surface area (Å²) in [6.45, 7) is 0. The largest absolute Gasteiger partial charge is 0.507 e. The fourth-order valence-electron chi connectivity index (χ4n) is 6.99. The number of aromatic hydroxyl groups is 1. The third-order valence-electron chi connectivity index (χ3n) is 8.69. The number of carbonyl (C=O) groups excluding carboxylic acids is 5. The number of benzene rings is 2. The first kappa shape index (κ1) is 28.9. The topological polar surface area (TPSA) is 192 Å². The SMILES string of the molecule is CN(C)[C@@H]1C(=O)C(C(N)=O)C(=O)[C@@]2(O)C(=O)C3C(=O)c4c(O)cccc4[C@H](CS(=O)Cc4ccccc4)C3[C@H](O)C12. The summed E-state index contributed by atoms with van der Waals surface area (Å²) in [7, 11) is 1.26. The van der Waals surface area contributed by atoms with E-state index >= 15 is 0 Å². The molecule has 2 saturated carbocycles. The van der Waals surface area contributed by atoms with Gasteiger partial charge in [-0.25, -0.2) is 0 Å². The molecular weight excluding hydrogens is 552 g/mol. The number of likely N-dealkylation sites (N-methyl/N-ethyl adjacent to an activating group) is 1. The van der Waals surface area contributed by atoms with Crippen LogP contribution in [0.2, 0.25) is 0 Å². The number of primary amides is 1. The molecule has 5 N–H and O–H groups in total. The minimum Gasteiger partial charge on any atom is -0.507 e. The van der Waals surface area contributed by atoms with Gasteiger partial charge in [0.15, 0.2) is 34.7 Å². The Balaban J connectivity index is 1.67. The van der Waals surface area contributed by atoms with Crippen LogP contribution < -0.4 is 5.73 Å². The first-order valence-electron chi connectivity index (χ1n) is 13.1. The van der Waals surface area contributed by atoms with Gasteiger partial charge in [-0.1, -0.05) is 42.5 Å². The van der Waals surface area contributed by atoms with E-state index in [0.29, 0.717) is 0 Å². The van der Waals surface area contributed by atoms with E-state index in [9.17, 15) is 43.5 Å². The maximum atomic E-state index is 14.1. The first-order chi connectivity index (χ1) is 19.3. The molecule has 5 rings (SSSR count). The molecule has 2 aromatic carbocycles. The van der Waals surface area contributed by atoms with Gasteiger partial charge in [0.25, 0.3) is 0 Å². The summed E-state index contributed by atoms with van der Waals surface area (Å²) in [5.74, 6) is -14.4. The quantitative estimate of drug-likeness (QED) is 0.318. The minimum atomic E-state index is -3.09. The van der Waals surface area contributed by atoms with Crippen LogP contribution in [0.5, 0.6) is 5.75 Å². The van der Waals surface area contributed by atoms with Crippen molar-refractivity contribution in [2.24, 2.45) is 29.4 Å². The fraction of sp³-hybridized carbons (Fsp3) is 0.414. The van der Waals surface area contributed by atoms with Gasteiger partial charge < -0.3 is 21.1 Å². The number of ketones is 4. The predicted octanol–water partition coefficient (Wildman–Crippen LogP) is -0.672. The molecule has 0 saturated heterocycles. The fourth-order valence-corrected chi connectivity index (χ4v) is 8.47. The van der Waals surface area contributed by atoms with Gasteiger partial charge in [0, 0.05) is 34.1 Å². The second-order valence-electron chi connectivity index (χ2n) is 11.2. The Morgan fingerprint density at radius 2 is 1.68 bits per heavy atom. The van der Waals surface area contributed by atoms with Gasteiger partial charge in [-0.3, -0.25) is 33.1 Å². The number of phenols is 1. The Morgan fingerprint density at radius 1 is 1.02 bits per heavy atom. The standard InChI is InChI=1S/C29H30N2O9S/c1-31(2)22-21-24(34)18-15(12-41(40)11-13-7-4-3-5-8-13)14-9-6-10-16(32)17(14)23(33)19(18)26(36)29(21,39)27(37)20(25(22)35)28(30)38/h3-10,15,18-22,24,32,34,39H,11-12H2,1-2H3,(H2,30,38)/t15-,18?,19?,20?,21?,22-,24-,29-,41?/m0/s1. The number of rotatable bonds is 6. The van der Waals surface area contributed by atoms with Crippen molar-refractivity contribution in [1.82, 2.24) is 4.90 Å². The summed E-state index contributed by atoms with van der Waals surface area (Å²) in [6.07, 6.45) is -1.80. The molecule has 9 atom stereocenters. The summed E-state index contributed by atoms with van der Waals surface area (Å²) in [5.41, 5.74) is 3.05. The summed E-state index contributed by atoms with van der Waals surface area (Å²) >= 11 is 0. The van der Waals surface area contributed by atoms with Crippen LogP contribution >= 0.6 is 0 Å². The monoisotopic (exact) mass is 582 g/mol. The molecule has 0 bridgehead atoms. The van der Waals surface area contributed by atoms with Gasteiger partial charge in [0.05, 0.1) is 29.5 Å². The molecule has 3 aliphatic carbocycles. The lowest BCUT2D eigenvalue weighted by Crippen LogP contribution is -2.77. The molecule has 0 radical (unpaired) electrons. The number of fused-ring (bicyclic) bond motifs is 3. The van der Waals surface area contributed by atoms with Crippen molar-refractivity contribution in [1.29, 1.82) is 0 Å². The minimum absolute atomic E-state index is 0.131. The summed E-state index contributed by atoms with van der Waals surface area (Å²) in [6, 6.07) is 11.8. The predicted molar refractivity (Wildman–Crippen MR) is 145 cm³/mol. The van der Waals surface area contributed by atoms with Crippen LogP contribution in [0.1, 0.15) is 27.4 Å². The second kappa shape index (κ2) is 10.4. The summed E-state index contributed by atoms with van der Waals surface area (Å²) < 4.78 is 13.4. The van der Waals surface area contributed by atoms with Crippen molar-refractivity contribution in [2.75, 3.05) is 19.8 Å². The number of aliphatic hydroxyl groups is 2. The van der Waals surface area contributed by atoms with Crippen molar-refractivity contribution >= 4 is 39.8 Å². The molecule has 41 heavy (non-hydrogen) atoms. The first-order valence-corrected chi connectivity index (χ1v) is 14.5. The molecule has 2 aromatic rings. The lowest BCUT2D eigenvalue weighted by molar-refractivity contribution is -0.196. The van der Waals surface area contributed by atoms with Gasteiger partial charge >= 0.3 is 0 Å². The molecule has 3 aliphatic rings. The second-order valence-corrected chi connectivity index (χ2v) is 12.7. The van der Waals surface area contributed by atoms with Crippen LogP contribution in [-0.4, -0.2) is 91.1 Å². The highest BCUT2D eigenvalue weighted by Gasteiger charge is 2.73. The Morgan fingerprint density at radius 3 is 2.29 bits per heavy atom. The highest BCUT2D eigenvalue weighted by molar-refractivity contribution is 7.84. The number of carbonyl (C=O) groups is 5. The van der Waals surface area contributed by atoms with Crippen LogP contribution in [0, 0.1) is 23.7 Å². The van der Waals surface area contributed by atoms with E-state index in [1.54, 1.807) is 24.3 Å². The zero-order valence-corrected chi connectivity index (χ0v) is 23.1. The van der Waals surface area contributed by atoms with Crippen LogP contribution in [0.15, 0.2) is 48.5 Å². The summed E-state index contributed by atoms with van der Waals surface area (Å²) in [5, 5.41) is 34.3. The van der Waals surface area contributed by atoms with Gasteiger partial charge in [0.1, 0.15) is 5.75 Å². The number of hydrogen-bond acceptors (Lipinski definition) is 10. The van der Waals surface area contributed by atoms with E-state index in [0.717, 1.165) is 5.56 Å². The van der Waals surface area contributed by atoms with Crippen molar-refractivity contribution in [3.63, 3.8) is 0 Å². The van der Waals surface area contributed by atoms with Crippen molar-refractivity contribution < 1.29 is 43.5 Å². The number of Topliss-reactive ketones (excluding diaryl/α,β-unsaturated/α-hetero) is 4. The van der Waals surface area contributed by atoms with Crippen molar-refractivity contribution in [2.45, 2.75) is 29.4 Å². The molecule has 2 fully saturated rings. The van der Waals surface area contributed by atoms with E-state index in [1.807, 2.05) is 6.07 Å². The average molecular weight is 583 g/mol.